The van der Waals surface area contributed by atoms with Crippen LogP contribution in [0.15, 0.2) is 52.6 Å². The number of Topliss-reactive ketones (excluding diaryl/α,β-unsaturated/α-hetero) is 1. The summed E-state index contributed by atoms with van der Waals surface area (Å²) in [6.45, 7) is 1.46. The monoisotopic (exact) mass is 473 g/mol. The van der Waals surface area contributed by atoms with Crippen LogP contribution >= 0.6 is 0 Å². The number of amides is 2. The van der Waals surface area contributed by atoms with Gasteiger partial charge in [0.05, 0.1) is 11.8 Å². The summed E-state index contributed by atoms with van der Waals surface area (Å²) in [6.07, 6.45) is -1.88. The highest BCUT2D eigenvalue weighted by Gasteiger charge is 2.53. The number of carbonyl (C=O) groups excluding carboxylic acids is 4. The number of rotatable bonds is 2. The Bertz CT molecular complexity index is 1270. The number of imide groups is 1. The Hall–Kier alpha value is -3.69. The Kier molecular flexibility index (Phi) is 4.82. The zero-order valence-electron chi connectivity index (χ0n) is 17.7. The number of phenolic OH excluding ortho intramolecular Hbond substituents is 1. The number of allylic oxidation sites excluding steroid dienone is 6. The van der Waals surface area contributed by atoms with Crippen molar-refractivity contribution in [3.8, 4) is 11.5 Å². The summed E-state index contributed by atoms with van der Waals surface area (Å²) in [5.74, 6) is -5.94. The smallest absolute Gasteiger partial charge is 0.508 e. The van der Waals surface area contributed by atoms with Gasteiger partial charge in [-0.1, -0.05) is 11.6 Å². The Morgan fingerprint density at radius 3 is 2.53 bits per heavy atom. The molecule has 2 N–H and O–H groups in total. The summed E-state index contributed by atoms with van der Waals surface area (Å²) in [6, 6.07) is 2.95. The summed E-state index contributed by atoms with van der Waals surface area (Å²) in [4.78, 5) is 51.0. The minimum atomic E-state index is -4.98. The fourth-order valence-electron chi connectivity index (χ4n) is 5.59. The lowest BCUT2D eigenvalue weighted by molar-refractivity contribution is -0.274. The number of carbonyl (C=O) groups is 4. The molecule has 0 radical (unpaired) electrons. The number of benzene rings is 1. The summed E-state index contributed by atoms with van der Waals surface area (Å²) < 4.78 is 42.6. The molecule has 10 heteroatoms. The normalized spacial score (nSPS) is 28.6. The molecule has 1 heterocycles. The van der Waals surface area contributed by atoms with Crippen molar-refractivity contribution in [3.63, 3.8) is 0 Å². The Balaban J connectivity index is 1.71. The number of ether oxygens (including phenoxy) is 1. The van der Waals surface area contributed by atoms with Crippen LogP contribution in [0.5, 0.6) is 11.5 Å². The van der Waals surface area contributed by atoms with E-state index < -0.39 is 64.9 Å². The molecule has 0 aromatic heterocycles. The van der Waals surface area contributed by atoms with E-state index in [2.05, 4.69) is 10.1 Å². The van der Waals surface area contributed by atoms with Gasteiger partial charge in [0.25, 0.3) is 0 Å². The van der Waals surface area contributed by atoms with E-state index in [-0.39, 0.29) is 35.1 Å². The molecule has 176 valence electrons. The first-order chi connectivity index (χ1) is 16.0. The van der Waals surface area contributed by atoms with Crippen LogP contribution in [0.25, 0.3) is 0 Å². The maximum absolute atomic E-state index is 13.2. The first-order valence-electron chi connectivity index (χ1n) is 10.6. The molecule has 3 aliphatic carbocycles. The van der Waals surface area contributed by atoms with Gasteiger partial charge in [-0.3, -0.25) is 24.5 Å². The van der Waals surface area contributed by atoms with E-state index in [1.165, 1.54) is 13.0 Å². The van der Waals surface area contributed by atoms with Crippen molar-refractivity contribution < 1.29 is 42.2 Å². The third-order valence-corrected chi connectivity index (χ3v) is 6.95. The molecular formula is C24H18F3NO6. The van der Waals surface area contributed by atoms with Crippen LogP contribution in [0.4, 0.5) is 13.2 Å². The van der Waals surface area contributed by atoms with Crippen LogP contribution in [-0.2, 0) is 19.2 Å². The predicted octanol–water partition coefficient (Wildman–Crippen LogP) is 3.01. The summed E-state index contributed by atoms with van der Waals surface area (Å²) in [5.41, 5.74) is 0.828. The molecule has 0 spiro atoms. The molecule has 34 heavy (non-hydrogen) atoms. The number of hydrogen-bond donors (Lipinski definition) is 2. The predicted molar refractivity (Wildman–Crippen MR) is 109 cm³/mol. The summed E-state index contributed by atoms with van der Waals surface area (Å²) in [7, 11) is 0. The van der Waals surface area contributed by atoms with Gasteiger partial charge in [0.15, 0.2) is 11.6 Å². The van der Waals surface area contributed by atoms with Gasteiger partial charge in [-0.25, -0.2) is 0 Å². The molecule has 5 rings (SSSR count). The summed E-state index contributed by atoms with van der Waals surface area (Å²) in [5, 5.41) is 12.9. The van der Waals surface area contributed by atoms with Crippen molar-refractivity contribution in [1.29, 1.82) is 0 Å². The van der Waals surface area contributed by atoms with E-state index in [0.29, 0.717) is 5.57 Å². The minimum Gasteiger partial charge on any atom is -0.508 e. The van der Waals surface area contributed by atoms with Gasteiger partial charge < -0.3 is 9.84 Å². The van der Waals surface area contributed by atoms with Gasteiger partial charge in [0.1, 0.15) is 11.5 Å². The SMILES string of the molecule is CC1=CC(=O)C2=C(C1=O)C(c1cc(OC(F)(F)F)ccc1O)C1=CCC3C(=O)NC(=O)C3C1C2. The van der Waals surface area contributed by atoms with Gasteiger partial charge in [0, 0.05) is 28.2 Å². The van der Waals surface area contributed by atoms with Crippen molar-refractivity contribution >= 4 is 23.4 Å². The zero-order chi connectivity index (χ0) is 24.5. The number of aromatic hydroxyl groups is 1. The highest BCUT2D eigenvalue weighted by Crippen LogP contribution is 2.55. The molecule has 2 amide bonds. The second-order valence-electron chi connectivity index (χ2n) is 8.85. The minimum absolute atomic E-state index is 0.0351. The number of hydrogen-bond acceptors (Lipinski definition) is 6. The molecule has 4 aliphatic rings. The maximum Gasteiger partial charge on any atom is 0.573 e. The molecule has 1 saturated heterocycles. The fraction of sp³-hybridized carbons (Fsp3) is 0.333. The van der Waals surface area contributed by atoms with Crippen molar-refractivity contribution in [1.82, 2.24) is 5.32 Å². The van der Waals surface area contributed by atoms with Gasteiger partial charge in [-0.2, -0.15) is 0 Å². The van der Waals surface area contributed by atoms with E-state index in [9.17, 15) is 37.5 Å². The largest absolute Gasteiger partial charge is 0.573 e. The van der Waals surface area contributed by atoms with Crippen LogP contribution in [0, 0.1) is 17.8 Å². The molecule has 0 bridgehead atoms. The number of alkyl halides is 3. The topological polar surface area (TPSA) is 110 Å². The molecule has 0 saturated carbocycles. The zero-order valence-corrected chi connectivity index (χ0v) is 17.7. The first-order valence-corrected chi connectivity index (χ1v) is 10.6. The van der Waals surface area contributed by atoms with E-state index in [4.69, 9.17) is 0 Å². The molecule has 4 atom stereocenters. The van der Waals surface area contributed by atoms with Crippen LogP contribution in [0.2, 0.25) is 0 Å². The Morgan fingerprint density at radius 2 is 1.82 bits per heavy atom. The highest BCUT2D eigenvalue weighted by molar-refractivity contribution is 6.23. The Morgan fingerprint density at radius 1 is 1.09 bits per heavy atom. The third kappa shape index (κ3) is 3.36. The van der Waals surface area contributed by atoms with Gasteiger partial charge in [-0.15, -0.1) is 13.2 Å². The number of halogens is 3. The van der Waals surface area contributed by atoms with Crippen molar-refractivity contribution in [2.24, 2.45) is 17.8 Å². The lowest BCUT2D eigenvalue weighted by Gasteiger charge is -2.42. The first kappa shape index (κ1) is 22.1. The van der Waals surface area contributed by atoms with Gasteiger partial charge in [-0.05, 0) is 50.0 Å². The van der Waals surface area contributed by atoms with Crippen LogP contribution < -0.4 is 10.1 Å². The quantitative estimate of drug-likeness (QED) is 0.388. The van der Waals surface area contributed by atoms with Crippen LogP contribution in [0.1, 0.15) is 31.2 Å². The van der Waals surface area contributed by atoms with Crippen LogP contribution in [-0.4, -0.2) is 34.8 Å². The van der Waals surface area contributed by atoms with E-state index in [1.54, 1.807) is 6.08 Å². The third-order valence-electron chi connectivity index (χ3n) is 6.95. The van der Waals surface area contributed by atoms with Gasteiger partial charge >= 0.3 is 6.36 Å². The number of nitrogens with one attached hydrogen (secondary N) is 1. The van der Waals surface area contributed by atoms with Crippen molar-refractivity contribution in [3.05, 3.63) is 58.2 Å². The standard InChI is InChI=1S/C24H18F3NO6/c1-9-6-17(30)15-8-13-11(3-4-12-19(13)23(33)28-22(12)32)18(20(15)21(9)31)14-7-10(2-5-16(14)29)34-24(25,26)27/h2-3,5-7,12-13,18-19,29H,4,8H2,1H3,(H,28,32,33). The number of phenols is 1. The van der Waals surface area contributed by atoms with Crippen molar-refractivity contribution in [2.45, 2.75) is 32.0 Å². The lowest BCUT2D eigenvalue weighted by atomic mass is 9.59. The molecule has 1 aromatic carbocycles. The second kappa shape index (κ2) is 7.41. The average Bonchev–Trinajstić information content (AvgIpc) is 3.05. The van der Waals surface area contributed by atoms with E-state index in [0.717, 1.165) is 18.2 Å². The number of ketones is 2. The van der Waals surface area contributed by atoms with Gasteiger partial charge in [0.2, 0.25) is 11.8 Å². The van der Waals surface area contributed by atoms with Crippen LogP contribution in [0.3, 0.4) is 0 Å². The molecule has 7 nitrogen and oxygen atoms in total. The highest BCUT2D eigenvalue weighted by atomic mass is 19.4. The van der Waals surface area contributed by atoms with E-state index >= 15 is 0 Å². The summed E-state index contributed by atoms with van der Waals surface area (Å²) >= 11 is 0. The second-order valence-corrected chi connectivity index (χ2v) is 8.85. The lowest BCUT2D eigenvalue weighted by Crippen LogP contribution is -2.39. The molecule has 4 unspecified atom stereocenters. The maximum atomic E-state index is 13.2. The fourth-order valence-corrected chi connectivity index (χ4v) is 5.59. The molecule has 1 aliphatic heterocycles. The molecule has 1 fully saturated rings. The Labute approximate surface area is 191 Å². The average molecular weight is 473 g/mol. The molecular weight excluding hydrogens is 455 g/mol. The molecule has 1 aromatic rings. The van der Waals surface area contributed by atoms with E-state index in [1.807, 2.05) is 0 Å². The number of fused-ring (bicyclic) bond motifs is 3. The van der Waals surface area contributed by atoms with Crippen molar-refractivity contribution in [2.75, 3.05) is 0 Å².